The molecule has 246 valence electrons. The summed E-state index contributed by atoms with van der Waals surface area (Å²) < 4.78 is 6.28. The SMILES string of the molecule is C=C(C)C1CCC2(C(=O)O)CCC3(COC(=O)C=Cc4ccc(O)cc4)C(CCC4C5(C)CCC(O)C(C)(C)C5CCC43C)C12. The predicted molar refractivity (Wildman–Crippen MR) is 175 cm³/mol. The van der Waals surface area contributed by atoms with Crippen molar-refractivity contribution in [3.63, 3.8) is 0 Å². The van der Waals surface area contributed by atoms with Gasteiger partial charge in [-0.3, -0.25) is 4.79 Å². The molecule has 3 N–H and O–H groups in total. The van der Waals surface area contributed by atoms with Gasteiger partial charge in [0.1, 0.15) is 5.75 Å². The van der Waals surface area contributed by atoms with E-state index in [9.17, 15) is 24.9 Å². The number of aliphatic hydroxyl groups excluding tert-OH is 1. The molecule has 6 nitrogen and oxygen atoms in total. The van der Waals surface area contributed by atoms with E-state index in [1.54, 1.807) is 30.3 Å². The maximum atomic E-state index is 13.4. The number of aliphatic hydroxyl groups is 1. The number of carboxylic acids is 1. The van der Waals surface area contributed by atoms with Crippen molar-refractivity contribution in [1.82, 2.24) is 0 Å². The van der Waals surface area contributed by atoms with E-state index >= 15 is 0 Å². The van der Waals surface area contributed by atoms with Gasteiger partial charge < -0.3 is 20.1 Å². The van der Waals surface area contributed by atoms with Crippen molar-refractivity contribution < 1.29 is 29.6 Å². The van der Waals surface area contributed by atoms with Crippen LogP contribution in [0.4, 0.5) is 0 Å². The van der Waals surface area contributed by atoms with Crippen molar-refractivity contribution in [2.75, 3.05) is 6.61 Å². The topological polar surface area (TPSA) is 104 Å². The van der Waals surface area contributed by atoms with Crippen LogP contribution in [0.2, 0.25) is 0 Å². The van der Waals surface area contributed by atoms with Crippen LogP contribution in [0.15, 0.2) is 42.5 Å². The first-order valence-corrected chi connectivity index (χ1v) is 17.3. The number of carbonyl (C=O) groups excluding carboxylic acids is 1. The van der Waals surface area contributed by atoms with Gasteiger partial charge in [-0.2, -0.15) is 0 Å². The minimum atomic E-state index is -0.748. The first kappa shape index (κ1) is 32.3. The van der Waals surface area contributed by atoms with Gasteiger partial charge in [0.05, 0.1) is 18.1 Å². The van der Waals surface area contributed by atoms with E-state index < -0.39 is 11.4 Å². The number of allylic oxidation sites excluding steroid dienone is 1. The molecule has 5 fully saturated rings. The Hall–Kier alpha value is -2.60. The number of phenolic OH excluding ortho intramolecular Hbond substituents is 1. The van der Waals surface area contributed by atoms with Gasteiger partial charge in [0.15, 0.2) is 0 Å². The normalized spacial score (nSPS) is 43.4. The predicted octanol–water partition coefficient (Wildman–Crippen LogP) is 8.03. The summed E-state index contributed by atoms with van der Waals surface area (Å²) in [5.74, 6) is 0.212. The van der Waals surface area contributed by atoms with Crippen molar-refractivity contribution in [2.24, 2.45) is 56.7 Å². The van der Waals surface area contributed by atoms with Crippen LogP contribution >= 0.6 is 0 Å². The van der Waals surface area contributed by atoms with Gasteiger partial charge >= 0.3 is 11.9 Å². The molecular weight excluding hydrogens is 564 g/mol. The van der Waals surface area contributed by atoms with Gasteiger partial charge in [0.2, 0.25) is 0 Å². The van der Waals surface area contributed by atoms with Crippen LogP contribution < -0.4 is 0 Å². The van der Waals surface area contributed by atoms with Gasteiger partial charge in [-0.15, -0.1) is 0 Å². The van der Waals surface area contributed by atoms with Crippen LogP contribution in [0.5, 0.6) is 5.75 Å². The second-order valence-electron chi connectivity index (χ2n) is 16.8. The lowest BCUT2D eigenvalue weighted by atomic mass is 9.32. The molecule has 5 aliphatic rings. The zero-order valence-electron chi connectivity index (χ0n) is 28.0. The Balaban J connectivity index is 1.40. The van der Waals surface area contributed by atoms with E-state index in [1.165, 1.54) is 6.08 Å². The first-order valence-electron chi connectivity index (χ1n) is 17.3. The molecule has 0 saturated heterocycles. The Bertz CT molecular complexity index is 1380. The fourth-order valence-corrected chi connectivity index (χ4v) is 12.6. The van der Waals surface area contributed by atoms with Crippen molar-refractivity contribution in [2.45, 2.75) is 105 Å². The molecule has 0 spiro atoms. The molecule has 5 aliphatic carbocycles. The number of hydrogen-bond acceptors (Lipinski definition) is 5. The number of hydrogen-bond donors (Lipinski definition) is 3. The minimum Gasteiger partial charge on any atom is -0.508 e. The Labute approximate surface area is 269 Å². The summed E-state index contributed by atoms with van der Waals surface area (Å²) in [7, 11) is 0. The number of aromatic hydroxyl groups is 1. The molecule has 0 amide bonds. The van der Waals surface area contributed by atoms with E-state index in [1.807, 2.05) is 0 Å². The van der Waals surface area contributed by atoms with Gasteiger partial charge in [-0.05, 0) is 141 Å². The largest absolute Gasteiger partial charge is 0.508 e. The second kappa shape index (κ2) is 11.0. The standard InChI is InChI=1S/C39H54O6/c1-24(2)27-15-20-38(34(43)44)21-22-39(23-45-32(42)14-9-25-7-10-26(40)11-8-25)28(33(27)38)12-13-30-36(5)18-17-31(41)35(3,4)29(36)16-19-37(30,39)6/h7-11,14,27-31,33,40-41H,1,12-13,15-23H2,2-6H3,(H,43,44). The molecule has 45 heavy (non-hydrogen) atoms. The zero-order chi connectivity index (χ0) is 32.6. The van der Waals surface area contributed by atoms with Crippen molar-refractivity contribution in [3.8, 4) is 5.75 Å². The number of carboxylic acid groups (broad SMARTS) is 1. The van der Waals surface area contributed by atoms with E-state index in [0.717, 1.165) is 62.5 Å². The average Bonchev–Trinajstić information content (AvgIpc) is 3.40. The highest BCUT2D eigenvalue weighted by Gasteiger charge is 2.73. The molecular formula is C39H54O6. The number of rotatable bonds is 6. The van der Waals surface area contributed by atoms with Crippen LogP contribution in [0.1, 0.15) is 104 Å². The number of carbonyl (C=O) groups is 2. The summed E-state index contributed by atoms with van der Waals surface area (Å²) in [5.41, 5.74) is 0.562. The van der Waals surface area contributed by atoms with Crippen LogP contribution in [0.25, 0.3) is 6.08 Å². The van der Waals surface area contributed by atoms with Crippen molar-refractivity contribution in [1.29, 1.82) is 0 Å². The van der Waals surface area contributed by atoms with Gasteiger partial charge in [0.25, 0.3) is 0 Å². The number of aliphatic carboxylic acids is 1. The first-order chi connectivity index (χ1) is 21.1. The molecule has 10 atom stereocenters. The van der Waals surface area contributed by atoms with E-state index in [-0.39, 0.29) is 57.2 Å². The highest BCUT2D eigenvalue weighted by Crippen LogP contribution is 2.77. The number of ether oxygens (including phenoxy) is 1. The van der Waals surface area contributed by atoms with Crippen LogP contribution in [-0.2, 0) is 14.3 Å². The molecule has 6 rings (SSSR count). The van der Waals surface area contributed by atoms with Crippen LogP contribution in [0.3, 0.4) is 0 Å². The molecule has 0 radical (unpaired) electrons. The summed E-state index contributed by atoms with van der Waals surface area (Å²) >= 11 is 0. The third kappa shape index (κ3) is 4.66. The third-order valence-corrected chi connectivity index (χ3v) is 14.9. The molecule has 0 heterocycles. The molecule has 0 bridgehead atoms. The summed E-state index contributed by atoms with van der Waals surface area (Å²) in [6.07, 6.45) is 11.6. The minimum absolute atomic E-state index is 0.0135. The maximum Gasteiger partial charge on any atom is 0.330 e. The monoisotopic (exact) mass is 618 g/mol. The van der Waals surface area contributed by atoms with Crippen LogP contribution in [0, 0.1) is 56.7 Å². The highest BCUT2D eigenvalue weighted by atomic mass is 16.5. The lowest BCUT2D eigenvalue weighted by Gasteiger charge is -2.73. The maximum absolute atomic E-state index is 13.4. The van der Waals surface area contributed by atoms with E-state index in [0.29, 0.717) is 31.3 Å². The average molecular weight is 619 g/mol. The molecule has 10 unspecified atom stereocenters. The van der Waals surface area contributed by atoms with Crippen LogP contribution in [-0.4, -0.2) is 40.0 Å². The lowest BCUT2D eigenvalue weighted by molar-refractivity contribution is -0.263. The molecule has 0 aromatic heterocycles. The quantitative estimate of drug-likeness (QED) is 0.169. The fraction of sp³-hybridized carbons (Fsp3) is 0.692. The third-order valence-electron chi connectivity index (χ3n) is 14.9. The Morgan fingerprint density at radius 3 is 2.31 bits per heavy atom. The number of benzene rings is 1. The Kier molecular flexibility index (Phi) is 7.90. The summed E-state index contributed by atoms with van der Waals surface area (Å²) in [6, 6.07) is 6.70. The van der Waals surface area contributed by atoms with E-state index in [4.69, 9.17) is 4.74 Å². The highest BCUT2D eigenvalue weighted by molar-refractivity contribution is 5.87. The molecule has 5 saturated carbocycles. The fourth-order valence-electron chi connectivity index (χ4n) is 12.6. The molecule has 1 aromatic carbocycles. The number of phenols is 1. The molecule has 1 aromatic rings. The molecule has 6 heteroatoms. The van der Waals surface area contributed by atoms with Gasteiger partial charge in [-0.25, -0.2) is 4.79 Å². The summed E-state index contributed by atoms with van der Waals surface area (Å²) in [4.78, 5) is 26.5. The lowest BCUT2D eigenvalue weighted by Crippen LogP contribution is -2.69. The number of esters is 1. The van der Waals surface area contributed by atoms with Gasteiger partial charge in [-0.1, -0.05) is 52.0 Å². The van der Waals surface area contributed by atoms with Crippen molar-refractivity contribution >= 4 is 18.0 Å². The van der Waals surface area contributed by atoms with Gasteiger partial charge in [0, 0.05) is 11.5 Å². The Morgan fingerprint density at radius 1 is 0.933 bits per heavy atom. The zero-order valence-corrected chi connectivity index (χ0v) is 28.0. The Morgan fingerprint density at radius 2 is 1.64 bits per heavy atom. The smallest absolute Gasteiger partial charge is 0.330 e. The summed E-state index contributed by atoms with van der Waals surface area (Å²) in [6.45, 7) is 16.2. The van der Waals surface area contributed by atoms with E-state index in [2.05, 4.69) is 41.2 Å². The van der Waals surface area contributed by atoms with Crippen molar-refractivity contribution in [3.05, 3.63) is 48.1 Å². The molecule has 0 aliphatic heterocycles. The second-order valence-corrected chi connectivity index (χ2v) is 16.8. The summed E-state index contributed by atoms with van der Waals surface area (Å²) in [5, 5.41) is 31.5. The number of fused-ring (bicyclic) bond motifs is 7.